The van der Waals surface area contributed by atoms with Crippen molar-refractivity contribution in [3.63, 3.8) is 0 Å². The zero-order valence-electron chi connectivity index (χ0n) is 10.1. The molecule has 0 aliphatic carbocycles. The lowest BCUT2D eigenvalue weighted by atomic mass is 10.1. The van der Waals surface area contributed by atoms with Crippen LogP contribution in [0, 0.1) is 6.92 Å². The second-order valence-electron chi connectivity index (χ2n) is 4.44. The Balaban J connectivity index is 2.25. The summed E-state index contributed by atoms with van der Waals surface area (Å²) in [7, 11) is -2.92. The minimum Gasteiger partial charge on any atom is -0.478 e. The third-order valence-electron chi connectivity index (χ3n) is 3.16. The van der Waals surface area contributed by atoms with E-state index in [-0.39, 0.29) is 17.1 Å². The average molecular weight is 269 g/mol. The van der Waals surface area contributed by atoms with Gasteiger partial charge in [0.1, 0.15) is 0 Å². The molecular formula is C12H15NO4S. The summed E-state index contributed by atoms with van der Waals surface area (Å²) in [6.45, 7) is 2.59. The molecule has 0 radical (unpaired) electrons. The fraction of sp³-hybridized carbons (Fsp3) is 0.417. The summed E-state index contributed by atoms with van der Waals surface area (Å²) in [5.41, 5.74) is 1.74. The molecule has 98 valence electrons. The maximum absolute atomic E-state index is 11.3. The molecular weight excluding hydrogens is 254 g/mol. The zero-order chi connectivity index (χ0) is 13.3. The molecule has 1 aliphatic rings. The van der Waals surface area contributed by atoms with Crippen LogP contribution in [0.3, 0.4) is 0 Å². The molecule has 5 nitrogen and oxygen atoms in total. The Morgan fingerprint density at radius 3 is 2.44 bits per heavy atom. The average Bonchev–Trinajstić information content (AvgIpc) is 2.30. The highest BCUT2D eigenvalue weighted by Gasteiger charge is 2.22. The molecule has 0 spiro atoms. The molecule has 1 aromatic rings. The predicted octanol–water partition coefficient (Wildman–Crippen LogP) is 0.928. The quantitative estimate of drug-likeness (QED) is 0.864. The van der Waals surface area contributed by atoms with E-state index in [1.165, 1.54) is 0 Å². The molecule has 1 heterocycles. The monoisotopic (exact) mass is 269 g/mol. The van der Waals surface area contributed by atoms with Crippen LogP contribution in [0.5, 0.6) is 0 Å². The maximum Gasteiger partial charge on any atom is 0.336 e. The van der Waals surface area contributed by atoms with Crippen molar-refractivity contribution in [3.05, 3.63) is 29.3 Å². The highest BCUT2D eigenvalue weighted by Crippen LogP contribution is 2.21. The smallest absolute Gasteiger partial charge is 0.336 e. The SMILES string of the molecule is Cc1ccc(N2CCS(=O)(=O)CC2)cc1C(=O)O. The number of nitrogens with zero attached hydrogens (tertiary/aromatic N) is 1. The van der Waals surface area contributed by atoms with Gasteiger partial charge >= 0.3 is 5.97 Å². The number of rotatable bonds is 2. The van der Waals surface area contributed by atoms with E-state index in [1.807, 2.05) is 11.0 Å². The van der Waals surface area contributed by atoms with Gasteiger partial charge in [0.2, 0.25) is 0 Å². The van der Waals surface area contributed by atoms with E-state index in [4.69, 9.17) is 5.11 Å². The standard InChI is InChI=1S/C12H15NO4S/c1-9-2-3-10(8-11(9)12(14)15)13-4-6-18(16,17)7-5-13/h2-3,8H,4-7H2,1H3,(H,14,15). The number of carbonyl (C=O) groups is 1. The lowest BCUT2D eigenvalue weighted by Crippen LogP contribution is -2.40. The van der Waals surface area contributed by atoms with Crippen LogP contribution in [0.15, 0.2) is 18.2 Å². The van der Waals surface area contributed by atoms with Crippen LogP contribution in [0.1, 0.15) is 15.9 Å². The largest absolute Gasteiger partial charge is 0.478 e. The molecule has 0 bridgehead atoms. The van der Waals surface area contributed by atoms with Crippen molar-refractivity contribution in [2.75, 3.05) is 29.5 Å². The molecule has 2 rings (SSSR count). The summed E-state index contributed by atoms with van der Waals surface area (Å²) in [6.07, 6.45) is 0. The van der Waals surface area contributed by atoms with Gasteiger partial charge in [-0.15, -0.1) is 0 Å². The van der Waals surface area contributed by atoms with Crippen LogP contribution in [0.25, 0.3) is 0 Å². The summed E-state index contributed by atoms with van der Waals surface area (Å²) < 4.78 is 22.7. The molecule has 1 saturated heterocycles. The topological polar surface area (TPSA) is 74.7 Å². The van der Waals surface area contributed by atoms with Crippen molar-refractivity contribution < 1.29 is 18.3 Å². The van der Waals surface area contributed by atoms with E-state index in [1.54, 1.807) is 19.1 Å². The molecule has 1 N–H and O–H groups in total. The molecule has 18 heavy (non-hydrogen) atoms. The van der Waals surface area contributed by atoms with Crippen molar-refractivity contribution in [2.45, 2.75) is 6.92 Å². The predicted molar refractivity (Wildman–Crippen MR) is 69.0 cm³/mol. The number of sulfone groups is 1. The van der Waals surface area contributed by atoms with Gasteiger partial charge in [0, 0.05) is 18.8 Å². The van der Waals surface area contributed by atoms with Gasteiger partial charge in [-0.2, -0.15) is 0 Å². The van der Waals surface area contributed by atoms with Gasteiger partial charge in [-0.1, -0.05) is 6.07 Å². The Morgan fingerprint density at radius 1 is 1.28 bits per heavy atom. The van der Waals surface area contributed by atoms with E-state index in [2.05, 4.69) is 0 Å². The minimum absolute atomic E-state index is 0.128. The van der Waals surface area contributed by atoms with Crippen molar-refractivity contribution >= 4 is 21.5 Å². The first kappa shape index (κ1) is 12.9. The van der Waals surface area contributed by atoms with Crippen molar-refractivity contribution in [3.8, 4) is 0 Å². The van der Waals surface area contributed by atoms with Crippen LogP contribution in [-0.4, -0.2) is 44.1 Å². The number of aryl methyl sites for hydroxylation is 1. The van der Waals surface area contributed by atoms with Crippen molar-refractivity contribution in [1.29, 1.82) is 0 Å². The summed E-state index contributed by atoms with van der Waals surface area (Å²) >= 11 is 0. The Labute approximate surface area is 106 Å². The minimum atomic E-state index is -2.92. The summed E-state index contributed by atoms with van der Waals surface area (Å²) in [5, 5.41) is 9.06. The first-order chi connectivity index (χ1) is 8.39. The lowest BCUT2D eigenvalue weighted by molar-refractivity contribution is 0.0696. The van der Waals surface area contributed by atoms with Gasteiger partial charge < -0.3 is 10.0 Å². The summed E-state index contributed by atoms with van der Waals surface area (Å²) in [4.78, 5) is 13.0. The molecule has 0 saturated carbocycles. The normalized spacial score (nSPS) is 18.6. The number of benzene rings is 1. The lowest BCUT2D eigenvalue weighted by Gasteiger charge is -2.29. The molecule has 1 aliphatic heterocycles. The number of anilines is 1. The van der Waals surface area contributed by atoms with E-state index in [0.717, 1.165) is 5.69 Å². The zero-order valence-corrected chi connectivity index (χ0v) is 10.9. The fourth-order valence-corrected chi connectivity index (χ4v) is 3.21. The van der Waals surface area contributed by atoms with Gasteiger partial charge in [0.05, 0.1) is 17.1 Å². The molecule has 1 fully saturated rings. The van der Waals surface area contributed by atoms with Crippen molar-refractivity contribution in [2.24, 2.45) is 0 Å². The molecule has 0 amide bonds. The Bertz CT molecular complexity index is 566. The van der Waals surface area contributed by atoms with Crippen LogP contribution in [-0.2, 0) is 9.84 Å². The maximum atomic E-state index is 11.3. The number of hydrogen-bond donors (Lipinski definition) is 1. The van der Waals surface area contributed by atoms with E-state index < -0.39 is 15.8 Å². The summed E-state index contributed by atoms with van der Waals surface area (Å²) in [5.74, 6) is -0.703. The van der Waals surface area contributed by atoms with Crippen LogP contribution >= 0.6 is 0 Å². The number of aromatic carboxylic acids is 1. The number of carboxylic acids is 1. The third-order valence-corrected chi connectivity index (χ3v) is 4.77. The second-order valence-corrected chi connectivity index (χ2v) is 6.75. The Hall–Kier alpha value is -1.56. The van der Waals surface area contributed by atoms with Gasteiger partial charge in [0.15, 0.2) is 9.84 Å². The molecule has 6 heteroatoms. The first-order valence-electron chi connectivity index (χ1n) is 5.68. The van der Waals surface area contributed by atoms with Gasteiger partial charge in [-0.3, -0.25) is 0 Å². The second kappa shape index (κ2) is 4.61. The van der Waals surface area contributed by atoms with Crippen LogP contribution in [0.4, 0.5) is 5.69 Å². The summed E-state index contributed by atoms with van der Waals surface area (Å²) in [6, 6.07) is 5.19. The highest BCUT2D eigenvalue weighted by molar-refractivity contribution is 7.91. The molecule has 0 atom stereocenters. The van der Waals surface area contributed by atoms with Gasteiger partial charge in [-0.25, -0.2) is 13.2 Å². The van der Waals surface area contributed by atoms with Crippen molar-refractivity contribution in [1.82, 2.24) is 0 Å². The molecule has 1 aromatic carbocycles. The Kier molecular flexibility index (Phi) is 3.30. The number of hydrogen-bond acceptors (Lipinski definition) is 4. The van der Waals surface area contributed by atoms with Crippen LogP contribution < -0.4 is 4.90 Å². The first-order valence-corrected chi connectivity index (χ1v) is 7.50. The molecule has 0 unspecified atom stereocenters. The fourth-order valence-electron chi connectivity index (χ4n) is 2.01. The van der Waals surface area contributed by atoms with E-state index >= 15 is 0 Å². The van der Waals surface area contributed by atoms with Gasteiger partial charge in [0.25, 0.3) is 0 Å². The molecule has 0 aromatic heterocycles. The highest BCUT2D eigenvalue weighted by atomic mass is 32.2. The van der Waals surface area contributed by atoms with E-state index in [9.17, 15) is 13.2 Å². The Morgan fingerprint density at radius 2 is 1.89 bits per heavy atom. The third kappa shape index (κ3) is 2.64. The number of carboxylic acid groups (broad SMARTS) is 1. The van der Waals surface area contributed by atoms with Gasteiger partial charge in [-0.05, 0) is 24.6 Å². The van der Waals surface area contributed by atoms with Crippen LogP contribution in [0.2, 0.25) is 0 Å². The van der Waals surface area contributed by atoms with E-state index in [0.29, 0.717) is 18.7 Å².